The Morgan fingerprint density at radius 2 is 2.29 bits per heavy atom. The number of halogens is 1. The van der Waals surface area contributed by atoms with Gasteiger partial charge < -0.3 is 10.2 Å². The fourth-order valence-corrected chi connectivity index (χ4v) is 2.79. The van der Waals surface area contributed by atoms with Gasteiger partial charge in [0.2, 0.25) is 5.91 Å². The Morgan fingerprint density at radius 1 is 1.41 bits per heavy atom. The number of hydrogen-bond acceptors (Lipinski definition) is 2. The van der Waals surface area contributed by atoms with E-state index in [4.69, 9.17) is 0 Å². The summed E-state index contributed by atoms with van der Waals surface area (Å²) in [6.07, 6.45) is 2.16. The van der Waals surface area contributed by atoms with Crippen LogP contribution in [0.25, 0.3) is 0 Å². The molecule has 0 spiro atoms. The van der Waals surface area contributed by atoms with Crippen molar-refractivity contribution in [1.29, 1.82) is 0 Å². The van der Waals surface area contributed by atoms with Gasteiger partial charge in [-0.2, -0.15) is 0 Å². The van der Waals surface area contributed by atoms with Crippen molar-refractivity contribution >= 4 is 5.91 Å². The first kappa shape index (κ1) is 10.7. The second-order valence-electron chi connectivity index (χ2n) is 4.72. The van der Waals surface area contributed by atoms with Gasteiger partial charge in [0.05, 0.1) is 0 Å². The molecule has 1 aromatic carbocycles. The molecule has 2 fully saturated rings. The summed E-state index contributed by atoms with van der Waals surface area (Å²) in [6, 6.07) is 6.25. The minimum absolute atomic E-state index is 0.0874. The molecule has 1 aromatic rings. The van der Waals surface area contributed by atoms with E-state index in [1.807, 2.05) is 4.90 Å². The molecule has 1 amide bonds. The third-order valence-corrected chi connectivity index (χ3v) is 3.65. The second kappa shape index (κ2) is 4.11. The Hall–Kier alpha value is -1.42. The van der Waals surface area contributed by atoms with Gasteiger partial charge >= 0.3 is 0 Å². The molecule has 17 heavy (non-hydrogen) atoms. The molecular weight excluding hydrogens is 219 g/mol. The van der Waals surface area contributed by atoms with Crippen LogP contribution in [0.3, 0.4) is 0 Å². The minimum Gasteiger partial charge on any atom is -0.337 e. The highest BCUT2D eigenvalue weighted by Gasteiger charge is 2.38. The third kappa shape index (κ3) is 1.82. The zero-order valence-corrected chi connectivity index (χ0v) is 9.53. The maximum atomic E-state index is 13.2. The van der Waals surface area contributed by atoms with Crippen LogP contribution in [0.5, 0.6) is 0 Å². The van der Waals surface area contributed by atoms with Gasteiger partial charge in [0.1, 0.15) is 11.9 Å². The number of benzene rings is 1. The van der Waals surface area contributed by atoms with Crippen LogP contribution in [-0.4, -0.2) is 29.9 Å². The molecule has 2 saturated heterocycles. The Labute approximate surface area is 99.6 Å². The quantitative estimate of drug-likeness (QED) is 0.798. The van der Waals surface area contributed by atoms with Crippen molar-refractivity contribution in [2.24, 2.45) is 0 Å². The van der Waals surface area contributed by atoms with Gasteiger partial charge in [-0.25, -0.2) is 4.39 Å². The van der Waals surface area contributed by atoms with E-state index in [2.05, 4.69) is 5.32 Å². The third-order valence-electron chi connectivity index (χ3n) is 3.65. The van der Waals surface area contributed by atoms with Crippen LogP contribution in [0.15, 0.2) is 24.3 Å². The van der Waals surface area contributed by atoms with E-state index in [9.17, 15) is 9.18 Å². The number of carbonyl (C=O) groups excluding carboxylic acids is 1. The first-order valence-electron chi connectivity index (χ1n) is 6.05. The van der Waals surface area contributed by atoms with Crippen LogP contribution in [0.1, 0.15) is 24.4 Å². The molecule has 2 heterocycles. The van der Waals surface area contributed by atoms with Gasteiger partial charge in [0, 0.05) is 19.1 Å². The normalized spacial score (nSPS) is 28.3. The van der Waals surface area contributed by atoms with Crippen molar-refractivity contribution in [3.63, 3.8) is 0 Å². The van der Waals surface area contributed by atoms with Crippen LogP contribution >= 0.6 is 0 Å². The van der Waals surface area contributed by atoms with Crippen molar-refractivity contribution in [3.8, 4) is 0 Å². The Balaban J connectivity index is 1.87. The lowest BCUT2D eigenvalue weighted by Gasteiger charge is -2.35. The van der Waals surface area contributed by atoms with Crippen LogP contribution in [0.4, 0.5) is 4.39 Å². The molecule has 3 nitrogen and oxygen atoms in total. The van der Waals surface area contributed by atoms with Crippen molar-refractivity contribution in [2.75, 3.05) is 13.1 Å². The number of piperazine rings is 1. The van der Waals surface area contributed by atoms with Crippen molar-refractivity contribution in [1.82, 2.24) is 10.2 Å². The maximum Gasteiger partial charge on any atom is 0.244 e. The van der Waals surface area contributed by atoms with Gasteiger partial charge in [-0.15, -0.1) is 0 Å². The molecule has 2 aliphatic heterocycles. The molecule has 0 radical (unpaired) electrons. The van der Waals surface area contributed by atoms with E-state index in [1.165, 1.54) is 12.1 Å². The summed E-state index contributed by atoms with van der Waals surface area (Å²) in [4.78, 5) is 14.2. The predicted octanol–water partition coefficient (Wildman–Crippen LogP) is 1.46. The Morgan fingerprint density at radius 3 is 3.12 bits per heavy atom. The second-order valence-corrected chi connectivity index (χ2v) is 4.72. The molecule has 2 atom stereocenters. The average Bonchev–Trinajstić information content (AvgIpc) is 2.78. The number of hydrogen-bond donors (Lipinski definition) is 1. The lowest BCUT2D eigenvalue weighted by Crippen LogP contribution is -2.53. The van der Waals surface area contributed by atoms with Gasteiger partial charge in [0.15, 0.2) is 0 Å². The highest BCUT2D eigenvalue weighted by atomic mass is 19.1. The SMILES string of the molecule is O=C1C(c2cccc(F)c2)NCC2CCCN12. The van der Waals surface area contributed by atoms with Gasteiger partial charge in [-0.1, -0.05) is 12.1 Å². The van der Waals surface area contributed by atoms with Crippen LogP contribution in [0, 0.1) is 5.82 Å². The van der Waals surface area contributed by atoms with Gasteiger partial charge in [-0.05, 0) is 30.5 Å². The van der Waals surface area contributed by atoms with E-state index >= 15 is 0 Å². The number of nitrogens with one attached hydrogen (secondary N) is 1. The summed E-state index contributed by atoms with van der Waals surface area (Å²) >= 11 is 0. The average molecular weight is 234 g/mol. The fraction of sp³-hybridized carbons (Fsp3) is 0.462. The number of nitrogens with zero attached hydrogens (tertiary/aromatic N) is 1. The first-order valence-corrected chi connectivity index (χ1v) is 6.05. The molecule has 2 aliphatic rings. The molecule has 0 aromatic heterocycles. The molecule has 90 valence electrons. The standard InChI is InChI=1S/C13H15FN2O/c14-10-4-1-3-9(7-10)12-13(17)16-6-2-5-11(16)8-15-12/h1,3-4,7,11-12,15H,2,5-6,8H2. The number of amides is 1. The minimum atomic E-state index is -0.375. The smallest absolute Gasteiger partial charge is 0.244 e. The van der Waals surface area contributed by atoms with Crippen LogP contribution < -0.4 is 5.32 Å². The molecular formula is C13H15FN2O. The van der Waals surface area contributed by atoms with Crippen molar-refractivity contribution in [2.45, 2.75) is 24.9 Å². The molecule has 0 saturated carbocycles. The van der Waals surface area contributed by atoms with Crippen LogP contribution in [0.2, 0.25) is 0 Å². The highest BCUT2D eigenvalue weighted by Crippen LogP contribution is 2.27. The molecule has 0 aliphatic carbocycles. The van der Waals surface area contributed by atoms with E-state index in [0.29, 0.717) is 6.04 Å². The molecule has 0 bridgehead atoms. The lowest BCUT2D eigenvalue weighted by atomic mass is 10.0. The number of fused-ring (bicyclic) bond motifs is 1. The maximum absolute atomic E-state index is 13.2. The Bertz CT molecular complexity index is 449. The first-order chi connectivity index (χ1) is 8.25. The molecule has 2 unspecified atom stereocenters. The zero-order valence-electron chi connectivity index (χ0n) is 9.53. The molecule has 4 heteroatoms. The summed E-state index contributed by atoms with van der Waals surface area (Å²) in [6.45, 7) is 1.66. The van der Waals surface area contributed by atoms with E-state index in [1.54, 1.807) is 12.1 Å². The largest absolute Gasteiger partial charge is 0.337 e. The highest BCUT2D eigenvalue weighted by molar-refractivity contribution is 5.84. The van der Waals surface area contributed by atoms with Crippen molar-refractivity contribution < 1.29 is 9.18 Å². The monoisotopic (exact) mass is 234 g/mol. The number of carbonyl (C=O) groups is 1. The summed E-state index contributed by atoms with van der Waals surface area (Å²) in [5, 5.41) is 3.23. The van der Waals surface area contributed by atoms with E-state index < -0.39 is 0 Å². The van der Waals surface area contributed by atoms with Crippen molar-refractivity contribution in [3.05, 3.63) is 35.6 Å². The van der Waals surface area contributed by atoms with Crippen LogP contribution in [-0.2, 0) is 4.79 Å². The summed E-state index contributed by atoms with van der Waals surface area (Å²) in [7, 11) is 0. The topological polar surface area (TPSA) is 32.3 Å². The van der Waals surface area contributed by atoms with E-state index in [-0.39, 0.29) is 17.8 Å². The zero-order chi connectivity index (χ0) is 11.8. The predicted molar refractivity (Wildman–Crippen MR) is 61.9 cm³/mol. The summed E-state index contributed by atoms with van der Waals surface area (Å²) < 4.78 is 13.2. The fourth-order valence-electron chi connectivity index (χ4n) is 2.79. The number of rotatable bonds is 1. The van der Waals surface area contributed by atoms with Gasteiger partial charge in [-0.3, -0.25) is 4.79 Å². The summed E-state index contributed by atoms with van der Waals surface area (Å²) in [5.74, 6) is -0.204. The lowest BCUT2D eigenvalue weighted by molar-refractivity contribution is -0.137. The van der Waals surface area contributed by atoms with Gasteiger partial charge in [0.25, 0.3) is 0 Å². The van der Waals surface area contributed by atoms with E-state index in [0.717, 1.165) is 31.5 Å². The summed E-state index contributed by atoms with van der Waals surface area (Å²) in [5.41, 5.74) is 0.723. The Kier molecular flexibility index (Phi) is 2.59. The molecule has 1 N–H and O–H groups in total. The molecule has 3 rings (SSSR count).